The molecular formula is C56H59ClFN13O7S. The van der Waals surface area contributed by atoms with Gasteiger partial charge in [-0.1, -0.05) is 35.9 Å². The molecule has 7 aromatic rings. The maximum absolute atomic E-state index is 16.1. The van der Waals surface area contributed by atoms with Crippen molar-refractivity contribution in [3.63, 3.8) is 0 Å². The van der Waals surface area contributed by atoms with Gasteiger partial charge in [0.15, 0.2) is 5.82 Å². The molecule has 0 aliphatic carbocycles. The average Bonchev–Trinajstić information content (AvgIpc) is 4.45. The van der Waals surface area contributed by atoms with E-state index in [0.717, 1.165) is 37.8 Å². The first-order valence-electron chi connectivity index (χ1n) is 26.6. The van der Waals surface area contributed by atoms with Crippen molar-refractivity contribution in [2.45, 2.75) is 90.3 Å². The number of carbonyl (C=O) groups excluding carboxylic acids is 5. The Bertz CT molecular complexity index is 3630. The minimum Gasteiger partial charge on any atom is -0.480 e. The van der Waals surface area contributed by atoms with Gasteiger partial charge in [0.25, 0.3) is 0 Å². The van der Waals surface area contributed by atoms with Gasteiger partial charge in [-0.05, 0) is 101 Å². The lowest BCUT2D eigenvalue weighted by molar-refractivity contribution is -0.146. The Morgan fingerprint density at radius 2 is 1.54 bits per heavy atom. The summed E-state index contributed by atoms with van der Waals surface area (Å²) in [7, 11) is 1.78. The molecule has 0 bridgehead atoms. The SMILES string of the molecule is Cc1sc2c(c1C)C(c1ccc(Cl)cc1)=N[C@@H](CC(=O)N1CCC[C@H]1C(=O)N1CCC(C(=O)N3CCC(c4nn(CC(=O)NCC(=O)NCC(=O)O)c5cccc(-c6cc7c(cnn7C)cc6F)c45)CC3)CC1)c1nnc(C)n1-2. The molecule has 3 aromatic carbocycles. The zero-order chi connectivity index (χ0) is 55.4. The van der Waals surface area contributed by atoms with Crippen LogP contribution in [0.1, 0.15) is 95.8 Å². The fourth-order valence-electron chi connectivity index (χ4n) is 11.8. The van der Waals surface area contributed by atoms with E-state index in [9.17, 15) is 28.8 Å². The number of piperidine rings is 2. The zero-order valence-corrected chi connectivity index (χ0v) is 45.7. The number of likely N-dealkylation sites (tertiary alicyclic amines) is 3. The summed E-state index contributed by atoms with van der Waals surface area (Å²) < 4.78 is 21.3. The number of benzene rings is 3. The van der Waals surface area contributed by atoms with Gasteiger partial charge in [0, 0.05) is 89.0 Å². The van der Waals surface area contributed by atoms with Crippen molar-refractivity contribution in [3.8, 4) is 16.1 Å². The van der Waals surface area contributed by atoms with Crippen LogP contribution in [-0.4, -0.2) is 147 Å². The van der Waals surface area contributed by atoms with E-state index < -0.39 is 48.8 Å². The molecule has 4 aromatic heterocycles. The van der Waals surface area contributed by atoms with Gasteiger partial charge in [0.05, 0.1) is 41.6 Å². The van der Waals surface area contributed by atoms with E-state index in [-0.39, 0.29) is 42.5 Å². The molecular weight excluding hydrogens is 1050 g/mol. The van der Waals surface area contributed by atoms with Gasteiger partial charge < -0.3 is 30.4 Å². The summed E-state index contributed by atoms with van der Waals surface area (Å²) >= 11 is 7.96. The van der Waals surface area contributed by atoms with Gasteiger partial charge in [-0.3, -0.25) is 47.7 Å². The number of thiophene rings is 1. The first-order chi connectivity index (χ1) is 38.0. The van der Waals surface area contributed by atoms with Crippen LogP contribution in [-0.2, 0) is 42.4 Å². The Morgan fingerprint density at radius 3 is 2.29 bits per heavy atom. The number of rotatable bonds is 13. The van der Waals surface area contributed by atoms with Gasteiger partial charge in [-0.15, -0.1) is 21.5 Å². The van der Waals surface area contributed by atoms with Crippen molar-refractivity contribution in [1.29, 1.82) is 0 Å². The fourth-order valence-corrected chi connectivity index (χ4v) is 13.1. The number of nitrogens with zero attached hydrogens (tertiary/aromatic N) is 11. The Morgan fingerprint density at radius 1 is 0.823 bits per heavy atom. The lowest BCUT2D eigenvalue weighted by atomic mass is 9.87. The maximum Gasteiger partial charge on any atom is 0.322 e. The number of hydrogen-bond donors (Lipinski definition) is 3. The average molecular weight is 1110 g/mol. The molecule has 0 radical (unpaired) electrons. The summed E-state index contributed by atoms with van der Waals surface area (Å²) in [6.45, 7) is 6.86. The highest BCUT2D eigenvalue weighted by molar-refractivity contribution is 7.15. The minimum absolute atomic E-state index is 0.00338. The molecule has 5 amide bonds. The Hall–Kier alpha value is -7.85. The first-order valence-corrected chi connectivity index (χ1v) is 27.8. The topological polar surface area (TPSA) is 235 Å². The second kappa shape index (κ2) is 21.8. The summed E-state index contributed by atoms with van der Waals surface area (Å²) in [5.74, 6) is -2.33. The molecule has 0 saturated carbocycles. The molecule has 0 unspecified atom stereocenters. The molecule has 4 aliphatic heterocycles. The Labute approximate surface area is 462 Å². The number of fused-ring (bicyclic) bond motifs is 5. The van der Waals surface area contributed by atoms with Crippen LogP contribution in [0.4, 0.5) is 4.39 Å². The van der Waals surface area contributed by atoms with Gasteiger partial charge in [-0.25, -0.2) is 4.39 Å². The van der Waals surface area contributed by atoms with E-state index in [0.29, 0.717) is 121 Å². The number of aromatic nitrogens is 7. The molecule has 79 heavy (non-hydrogen) atoms. The van der Waals surface area contributed by atoms with Crippen molar-refractivity contribution in [3.05, 3.63) is 111 Å². The van der Waals surface area contributed by atoms with Gasteiger partial charge in [0.1, 0.15) is 41.8 Å². The number of nitrogens with one attached hydrogen (secondary N) is 2. The Kier molecular flexibility index (Phi) is 14.6. The van der Waals surface area contributed by atoms with E-state index >= 15 is 4.39 Å². The van der Waals surface area contributed by atoms with Crippen LogP contribution in [0.25, 0.3) is 37.9 Å². The maximum atomic E-state index is 16.1. The lowest BCUT2D eigenvalue weighted by Gasteiger charge is -2.38. The Balaban J connectivity index is 0.754. The van der Waals surface area contributed by atoms with Crippen LogP contribution < -0.4 is 10.6 Å². The van der Waals surface area contributed by atoms with Crippen LogP contribution in [0.15, 0.2) is 65.8 Å². The van der Waals surface area contributed by atoms with Crippen LogP contribution in [0.5, 0.6) is 0 Å². The number of aliphatic imine (C=N–C) groups is 1. The monoisotopic (exact) mass is 1110 g/mol. The van der Waals surface area contributed by atoms with Crippen molar-refractivity contribution in [2.24, 2.45) is 18.0 Å². The normalized spacial score (nSPS) is 17.9. The second-order valence-electron chi connectivity index (χ2n) is 20.9. The molecule has 8 heterocycles. The predicted octanol–water partition coefficient (Wildman–Crippen LogP) is 6.18. The molecule has 11 rings (SSSR count). The van der Waals surface area contributed by atoms with Crippen LogP contribution in [0.2, 0.25) is 5.02 Å². The highest BCUT2D eigenvalue weighted by Crippen LogP contribution is 2.42. The standard InChI is InChI=1S/C56H59ClFN13O7S/c1-30-31(2)79-56-49(30)51(33-10-12-37(57)13-11-33)62-41(53-64-63-32(3)71(53)56)25-47(74)69-18-6-9-43(69)55(78)68-21-16-35(17-22-68)54(77)67-19-14-34(15-20-67)52-50-38(39-24-44-36(23-40(39)58)26-61-66(44)4)7-5-8-42(50)70(65-52)29-46(73)59-27-45(72)60-28-48(75)76/h5,7-8,10-13,23-24,26,34-35,41,43H,6,9,14-22,25,27-29H2,1-4H3,(H,59,73)(H,60,72)(H,75,76)/t41-,43-/m0/s1. The number of amides is 5. The zero-order valence-electron chi connectivity index (χ0n) is 44.2. The number of halogens is 2. The number of aliphatic carboxylic acids is 1. The summed E-state index contributed by atoms with van der Waals surface area (Å²) in [5.41, 5.74) is 6.56. The van der Waals surface area contributed by atoms with Crippen molar-refractivity contribution < 1.29 is 38.3 Å². The third kappa shape index (κ3) is 10.3. The van der Waals surface area contributed by atoms with E-state index in [2.05, 4.69) is 39.8 Å². The minimum atomic E-state index is -1.22. The highest BCUT2D eigenvalue weighted by atomic mass is 35.5. The molecule has 2 atom stereocenters. The van der Waals surface area contributed by atoms with Crippen molar-refractivity contribution in [2.75, 3.05) is 45.8 Å². The number of aryl methyl sites for hydroxylation is 3. The molecule has 3 saturated heterocycles. The third-order valence-corrected chi connectivity index (χ3v) is 17.5. The van der Waals surface area contributed by atoms with Crippen molar-refractivity contribution >= 4 is 86.0 Å². The molecule has 0 spiro atoms. The lowest BCUT2D eigenvalue weighted by Crippen LogP contribution is -2.51. The van der Waals surface area contributed by atoms with E-state index in [1.807, 2.05) is 52.8 Å². The fraction of sp³-hybridized carbons (Fsp3) is 0.411. The van der Waals surface area contributed by atoms with Crippen LogP contribution in [0, 0.1) is 32.5 Å². The molecule has 4 aliphatic rings. The van der Waals surface area contributed by atoms with Crippen LogP contribution in [0.3, 0.4) is 0 Å². The third-order valence-electron chi connectivity index (χ3n) is 16.0. The number of carboxylic acids is 1. The number of hydrogen-bond acceptors (Lipinski definition) is 12. The van der Waals surface area contributed by atoms with Gasteiger partial charge in [0.2, 0.25) is 29.5 Å². The second-order valence-corrected chi connectivity index (χ2v) is 22.5. The number of carboxylic acid groups (broad SMARTS) is 1. The van der Waals surface area contributed by atoms with Gasteiger partial charge >= 0.3 is 5.97 Å². The first kappa shape index (κ1) is 53.2. The van der Waals surface area contributed by atoms with Crippen LogP contribution >= 0.6 is 22.9 Å². The molecule has 20 nitrogen and oxygen atoms in total. The van der Waals surface area contributed by atoms with E-state index in [1.54, 1.807) is 51.2 Å². The summed E-state index contributed by atoms with van der Waals surface area (Å²) in [6, 6.07) is 14.8. The molecule has 3 fully saturated rings. The summed E-state index contributed by atoms with van der Waals surface area (Å²) in [6.07, 6.45) is 4.90. The number of carbonyl (C=O) groups is 6. The summed E-state index contributed by atoms with van der Waals surface area (Å²) in [5, 5.41) is 34.8. The molecule has 3 N–H and O–H groups in total. The quantitative estimate of drug-likeness (QED) is 0.118. The largest absolute Gasteiger partial charge is 0.480 e. The van der Waals surface area contributed by atoms with E-state index in [4.69, 9.17) is 26.8 Å². The smallest absolute Gasteiger partial charge is 0.322 e. The summed E-state index contributed by atoms with van der Waals surface area (Å²) in [4.78, 5) is 91.4. The van der Waals surface area contributed by atoms with E-state index in [1.165, 1.54) is 10.7 Å². The predicted molar refractivity (Wildman–Crippen MR) is 294 cm³/mol. The van der Waals surface area contributed by atoms with Gasteiger partial charge in [-0.2, -0.15) is 10.2 Å². The molecule has 23 heteroatoms. The molecule has 410 valence electrons. The van der Waals surface area contributed by atoms with Crippen molar-refractivity contribution in [1.82, 2.24) is 59.7 Å². The highest BCUT2D eigenvalue weighted by Gasteiger charge is 2.41.